The zero-order valence-electron chi connectivity index (χ0n) is 13.5. The maximum absolute atomic E-state index is 12.9. The SMILES string of the molecule is O=C(NCc1ccc(F)cc1)c1cnc(N2CCCCCC2)nc1. The fourth-order valence-electron chi connectivity index (χ4n) is 2.76. The summed E-state index contributed by atoms with van der Waals surface area (Å²) in [6, 6.07) is 6.05. The maximum Gasteiger partial charge on any atom is 0.254 e. The maximum atomic E-state index is 12.9. The number of hydrogen-bond donors (Lipinski definition) is 1. The van der Waals surface area contributed by atoms with Gasteiger partial charge in [0.2, 0.25) is 5.95 Å². The molecule has 1 fully saturated rings. The third-order valence-corrected chi connectivity index (χ3v) is 4.16. The highest BCUT2D eigenvalue weighted by Crippen LogP contribution is 2.15. The molecule has 0 bridgehead atoms. The van der Waals surface area contributed by atoms with Crippen molar-refractivity contribution in [1.82, 2.24) is 15.3 Å². The predicted molar refractivity (Wildman–Crippen MR) is 90.3 cm³/mol. The number of hydrogen-bond acceptors (Lipinski definition) is 4. The highest BCUT2D eigenvalue weighted by Gasteiger charge is 2.13. The van der Waals surface area contributed by atoms with Gasteiger partial charge in [-0.25, -0.2) is 14.4 Å². The normalized spacial score (nSPS) is 15.0. The van der Waals surface area contributed by atoms with Crippen LogP contribution in [0.2, 0.25) is 0 Å². The van der Waals surface area contributed by atoms with E-state index in [4.69, 9.17) is 0 Å². The minimum absolute atomic E-state index is 0.234. The molecule has 0 spiro atoms. The molecule has 2 aromatic rings. The lowest BCUT2D eigenvalue weighted by Gasteiger charge is -2.19. The second-order valence-corrected chi connectivity index (χ2v) is 5.98. The Morgan fingerprint density at radius 1 is 1.04 bits per heavy atom. The topological polar surface area (TPSA) is 58.1 Å². The number of nitrogens with one attached hydrogen (secondary N) is 1. The Hall–Kier alpha value is -2.50. The summed E-state index contributed by atoms with van der Waals surface area (Å²) < 4.78 is 12.9. The number of nitrogens with zero attached hydrogens (tertiary/aromatic N) is 3. The van der Waals surface area contributed by atoms with Crippen LogP contribution in [0.5, 0.6) is 0 Å². The molecule has 2 heterocycles. The van der Waals surface area contributed by atoms with Crippen LogP contribution in [0.25, 0.3) is 0 Å². The Labute approximate surface area is 140 Å². The molecule has 0 aliphatic carbocycles. The van der Waals surface area contributed by atoms with Crippen molar-refractivity contribution in [3.05, 3.63) is 53.6 Å². The molecule has 1 aromatic carbocycles. The molecular weight excluding hydrogens is 307 g/mol. The summed E-state index contributed by atoms with van der Waals surface area (Å²) in [6.45, 7) is 2.28. The van der Waals surface area contributed by atoms with Crippen molar-refractivity contribution in [2.45, 2.75) is 32.2 Å². The van der Waals surface area contributed by atoms with Gasteiger partial charge in [0.1, 0.15) is 5.82 Å². The van der Waals surface area contributed by atoms with Gasteiger partial charge in [0.15, 0.2) is 0 Å². The molecule has 6 heteroatoms. The molecule has 0 atom stereocenters. The largest absolute Gasteiger partial charge is 0.348 e. The van der Waals surface area contributed by atoms with Gasteiger partial charge < -0.3 is 10.2 Å². The smallest absolute Gasteiger partial charge is 0.254 e. The summed E-state index contributed by atoms with van der Waals surface area (Å²) in [4.78, 5) is 23.0. The van der Waals surface area contributed by atoms with E-state index in [1.807, 2.05) is 0 Å². The van der Waals surface area contributed by atoms with Crippen LogP contribution in [0.1, 0.15) is 41.6 Å². The Balaban J connectivity index is 1.58. The van der Waals surface area contributed by atoms with Crippen molar-refractivity contribution in [3.63, 3.8) is 0 Å². The van der Waals surface area contributed by atoms with Crippen molar-refractivity contribution in [2.24, 2.45) is 0 Å². The van der Waals surface area contributed by atoms with Crippen LogP contribution >= 0.6 is 0 Å². The van der Waals surface area contributed by atoms with Crippen molar-refractivity contribution in [2.75, 3.05) is 18.0 Å². The lowest BCUT2D eigenvalue weighted by atomic mass is 10.2. The van der Waals surface area contributed by atoms with Gasteiger partial charge in [-0.15, -0.1) is 0 Å². The number of rotatable bonds is 4. The molecule has 1 amide bonds. The molecule has 0 unspecified atom stereocenters. The van der Waals surface area contributed by atoms with Gasteiger partial charge in [0.25, 0.3) is 5.91 Å². The highest BCUT2D eigenvalue weighted by molar-refractivity contribution is 5.93. The van der Waals surface area contributed by atoms with E-state index in [1.54, 1.807) is 24.5 Å². The number of aromatic nitrogens is 2. The average molecular weight is 328 g/mol. The first-order chi connectivity index (χ1) is 11.7. The fraction of sp³-hybridized carbons (Fsp3) is 0.389. The van der Waals surface area contributed by atoms with E-state index in [0.29, 0.717) is 18.1 Å². The number of benzene rings is 1. The Kier molecular flexibility index (Phi) is 5.36. The first-order valence-corrected chi connectivity index (χ1v) is 8.32. The summed E-state index contributed by atoms with van der Waals surface area (Å²) in [7, 11) is 0. The second kappa shape index (κ2) is 7.86. The molecular formula is C18H21FN4O. The lowest BCUT2D eigenvalue weighted by Crippen LogP contribution is -2.27. The van der Waals surface area contributed by atoms with Crippen molar-refractivity contribution >= 4 is 11.9 Å². The van der Waals surface area contributed by atoms with Crippen LogP contribution in [-0.4, -0.2) is 29.0 Å². The first kappa shape index (κ1) is 16.4. The van der Waals surface area contributed by atoms with E-state index in [1.165, 1.54) is 25.0 Å². The van der Waals surface area contributed by atoms with E-state index in [-0.39, 0.29) is 11.7 Å². The Morgan fingerprint density at radius 2 is 1.67 bits per heavy atom. The minimum Gasteiger partial charge on any atom is -0.348 e. The van der Waals surface area contributed by atoms with Crippen LogP contribution in [0.15, 0.2) is 36.7 Å². The number of carbonyl (C=O) groups excluding carboxylic acids is 1. The Morgan fingerprint density at radius 3 is 2.29 bits per heavy atom. The summed E-state index contributed by atoms with van der Waals surface area (Å²) in [5, 5.41) is 2.79. The molecule has 1 saturated heterocycles. The Bertz CT molecular complexity index is 664. The summed E-state index contributed by atoms with van der Waals surface area (Å²) in [5.41, 5.74) is 1.27. The standard InChI is InChI=1S/C18H21FN4O/c19-16-7-5-14(6-8-16)11-20-17(24)15-12-21-18(22-13-15)23-9-3-1-2-4-10-23/h5-8,12-13H,1-4,9-11H2,(H,20,24). The van der Waals surface area contributed by atoms with Crippen LogP contribution in [0.3, 0.4) is 0 Å². The summed E-state index contributed by atoms with van der Waals surface area (Å²) in [6.07, 6.45) is 7.94. The van der Waals surface area contributed by atoms with E-state index in [2.05, 4.69) is 20.2 Å². The molecule has 3 rings (SSSR count). The summed E-state index contributed by atoms with van der Waals surface area (Å²) >= 11 is 0. The molecule has 1 aliphatic rings. The molecule has 0 radical (unpaired) electrons. The molecule has 126 valence electrons. The van der Waals surface area contributed by atoms with Gasteiger partial charge in [0.05, 0.1) is 5.56 Å². The van der Waals surface area contributed by atoms with Crippen LogP contribution in [0.4, 0.5) is 10.3 Å². The molecule has 1 aromatic heterocycles. The highest BCUT2D eigenvalue weighted by atomic mass is 19.1. The second-order valence-electron chi connectivity index (χ2n) is 5.98. The molecule has 24 heavy (non-hydrogen) atoms. The van der Waals surface area contributed by atoms with Crippen LogP contribution in [-0.2, 0) is 6.54 Å². The lowest BCUT2D eigenvalue weighted by molar-refractivity contribution is 0.0950. The van der Waals surface area contributed by atoms with Gasteiger partial charge in [0, 0.05) is 32.0 Å². The quantitative estimate of drug-likeness (QED) is 0.937. The zero-order valence-corrected chi connectivity index (χ0v) is 13.5. The van der Waals surface area contributed by atoms with E-state index in [9.17, 15) is 9.18 Å². The average Bonchev–Trinajstić information content (AvgIpc) is 2.90. The monoisotopic (exact) mass is 328 g/mol. The molecule has 1 N–H and O–H groups in total. The van der Waals surface area contributed by atoms with E-state index < -0.39 is 0 Å². The number of halogens is 1. The molecule has 5 nitrogen and oxygen atoms in total. The van der Waals surface area contributed by atoms with Crippen LogP contribution in [0, 0.1) is 5.82 Å². The molecule has 0 saturated carbocycles. The van der Waals surface area contributed by atoms with Gasteiger partial charge in [-0.05, 0) is 30.5 Å². The predicted octanol–water partition coefficient (Wildman–Crippen LogP) is 2.93. The van der Waals surface area contributed by atoms with E-state index in [0.717, 1.165) is 31.5 Å². The van der Waals surface area contributed by atoms with Gasteiger partial charge >= 0.3 is 0 Å². The van der Waals surface area contributed by atoms with E-state index >= 15 is 0 Å². The third-order valence-electron chi connectivity index (χ3n) is 4.16. The van der Waals surface area contributed by atoms with Gasteiger partial charge in [-0.1, -0.05) is 25.0 Å². The third kappa shape index (κ3) is 4.28. The first-order valence-electron chi connectivity index (χ1n) is 8.32. The fourth-order valence-corrected chi connectivity index (χ4v) is 2.76. The van der Waals surface area contributed by atoms with Crippen molar-refractivity contribution < 1.29 is 9.18 Å². The van der Waals surface area contributed by atoms with Crippen LogP contribution < -0.4 is 10.2 Å². The van der Waals surface area contributed by atoms with Crippen molar-refractivity contribution in [1.29, 1.82) is 0 Å². The minimum atomic E-state index is -0.289. The zero-order chi connectivity index (χ0) is 16.8. The number of amides is 1. The summed E-state index contributed by atoms with van der Waals surface area (Å²) in [5.74, 6) is 0.163. The molecule has 1 aliphatic heterocycles. The van der Waals surface area contributed by atoms with Crippen molar-refractivity contribution in [3.8, 4) is 0 Å². The van der Waals surface area contributed by atoms with Gasteiger partial charge in [-0.3, -0.25) is 4.79 Å². The number of anilines is 1. The number of carbonyl (C=O) groups is 1. The van der Waals surface area contributed by atoms with Gasteiger partial charge in [-0.2, -0.15) is 0 Å².